The van der Waals surface area contributed by atoms with Gasteiger partial charge in [-0.25, -0.2) is 0 Å². The van der Waals surface area contributed by atoms with Gasteiger partial charge in [-0.05, 0) is 72.5 Å². The number of thiophene rings is 1. The predicted octanol–water partition coefficient (Wildman–Crippen LogP) is 6.74. The topological polar surface area (TPSA) is 59.1 Å². The van der Waals surface area contributed by atoms with Crippen LogP contribution in [0, 0.1) is 6.92 Å². The van der Waals surface area contributed by atoms with Gasteiger partial charge in [-0.3, -0.25) is 9.59 Å². The lowest BCUT2D eigenvalue weighted by atomic mass is 10.1. The lowest BCUT2D eigenvalue weighted by molar-refractivity contribution is -0.132. The maximum atomic E-state index is 13.8. The van der Waals surface area contributed by atoms with Gasteiger partial charge in [0.05, 0.1) is 20.8 Å². The second kappa shape index (κ2) is 14.0. The average Bonchev–Trinajstić information content (AvgIpc) is 3.40. The molecule has 4 rings (SSSR count). The second-order valence-corrected chi connectivity index (χ2v) is 11.3. The van der Waals surface area contributed by atoms with Gasteiger partial charge in [-0.1, -0.05) is 49.7 Å². The molecule has 0 aliphatic heterocycles. The number of unbranched alkanes of at least 4 members (excludes halogenated alkanes) is 1. The smallest absolute Gasteiger partial charge is 0.254 e. The molecule has 0 aliphatic rings. The van der Waals surface area contributed by atoms with Crippen molar-refractivity contribution in [2.24, 2.45) is 0 Å². The second-order valence-electron chi connectivity index (χ2n) is 9.91. The first kappa shape index (κ1) is 29.2. The first-order valence-corrected chi connectivity index (χ1v) is 14.6. The molecule has 2 amide bonds. The summed E-state index contributed by atoms with van der Waals surface area (Å²) in [4.78, 5) is 33.4. The number of carbonyl (C=O) groups excluding carboxylic acids is 2. The molecule has 0 unspecified atom stereocenters. The molecule has 7 heteroatoms. The van der Waals surface area contributed by atoms with Gasteiger partial charge in [0.25, 0.3) is 5.91 Å². The van der Waals surface area contributed by atoms with Crippen LogP contribution in [-0.4, -0.2) is 55.5 Å². The van der Waals surface area contributed by atoms with Crippen molar-refractivity contribution < 1.29 is 19.1 Å². The Morgan fingerprint density at radius 3 is 2.30 bits per heavy atom. The fourth-order valence-corrected chi connectivity index (χ4v) is 5.63. The maximum Gasteiger partial charge on any atom is 0.254 e. The van der Waals surface area contributed by atoms with Gasteiger partial charge in [-0.15, -0.1) is 11.3 Å². The Kier molecular flexibility index (Phi) is 10.2. The number of hydrogen-bond acceptors (Lipinski definition) is 5. The molecule has 1 heterocycles. The summed E-state index contributed by atoms with van der Waals surface area (Å²) in [5.41, 5.74) is 1.65. The zero-order valence-corrected chi connectivity index (χ0v) is 24.6. The normalized spacial score (nSPS) is 10.9. The van der Waals surface area contributed by atoms with E-state index in [0.29, 0.717) is 43.1 Å². The number of fused-ring (bicyclic) bond motifs is 1. The fourth-order valence-electron chi connectivity index (χ4n) is 4.72. The summed E-state index contributed by atoms with van der Waals surface area (Å²) in [5.74, 6) is 1.17. The van der Waals surface area contributed by atoms with E-state index in [1.807, 2.05) is 65.6 Å². The SMILES string of the molecule is CCCCN(CC(=O)N(CCc1ccc(OC)c(OC)c1)Cc1ccc(C)s1)C(=O)c1ccc2ccccc2c1. The van der Waals surface area contributed by atoms with Gasteiger partial charge < -0.3 is 19.3 Å². The van der Waals surface area contributed by atoms with Crippen LogP contribution in [0.1, 0.15) is 45.4 Å². The highest BCUT2D eigenvalue weighted by molar-refractivity contribution is 7.11. The minimum atomic E-state index is -0.112. The summed E-state index contributed by atoms with van der Waals surface area (Å²) >= 11 is 1.69. The highest BCUT2D eigenvalue weighted by atomic mass is 32.1. The van der Waals surface area contributed by atoms with Crippen LogP contribution in [0.2, 0.25) is 0 Å². The molecule has 0 spiro atoms. The van der Waals surface area contributed by atoms with Crippen molar-refractivity contribution in [2.45, 2.75) is 39.7 Å². The molecule has 0 fully saturated rings. The van der Waals surface area contributed by atoms with Crippen LogP contribution in [0.15, 0.2) is 72.8 Å². The Bertz CT molecular complexity index is 1450. The average molecular weight is 559 g/mol. The van der Waals surface area contributed by atoms with Crippen LogP contribution in [0.25, 0.3) is 10.8 Å². The summed E-state index contributed by atoms with van der Waals surface area (Å²) < 4.78 is 10.8. The molecule has 3 aromatic carbocycles. The van der Waals surface area contributed by atoms with Crippen LogP contribution >= 0.6 is 11.3 Å². The van der Waals surface area contributed by atoms with Crippen LogP contribution < -0.4 is 9.47 Å². The highest BCUT2D eigenvalue weighted by Crippen LogP contribution is 2.28. The fraction of sp³-hybridized carbons (Fsp3) is 0.333. The third-order valence-corrected chi connectivity index (χ3v) is 7.99. The molecule has 0 aliphatic carbocycles. The molecular formula is C33H38N2O4S. The monoisotopic (exact) mass is 558 g/mol. The molecule has 0 atom stereocenters. The van der Waals surface area contributed by atoms with Crippen molar-refractivity contribution in [1.29, 1.82) is 0 Å². The Hall–Kier alpha value is -3.84. The number of hydrogen-bond donors (Lipinski definition) is 0. The van der Waals surface area contributed by atoms with Crippen molar-refractivity contribution >= 4 is 33.9 Å². The summed E-state index contributed by atoms with van der Waals surface area (Å²) in [6, 6.07) is 23.7. The number of amides is 2. The lowest BCUT2D eigenvalue weighted by Crippen LogP contribution is -2.43. The van der Waals surface area contributed by atoms with E-state index in [4.69, 9.17) is 9.47 Å². The van der Waals surface area contributed by atoms with E-state index in [9.17, 15) is 9.59 Å². The molecular weight excluding hydrogens is 520 g/mol. The molecule has 1 aromatic heterocycles. The number of benzene rings is 3. The van der Waals surface area contributed by atoms with Gasteiger partial charge >= 0.3 is 0 Å². The molecule has 40 heavy (non-hydrogen) atoms. The van der Waals surface area contributed by atoms with Crippen LogP contribution in [0.5, 0.6) is 11.5 Å². The third kappa shape index (κ3) is 7.42. The van der Waals surface area contributed by atoms with E-state index in [0.717, 1.165) is 34.1 Å². The number of methoxy groups -OCH3 is 2. The molecule has 0 N–H and O–H groups in total. The lowest BCUT2D eigenvalue weighted by Gasteiger charge is -2.28. The van der Waals surface area contributed by atoms with Crippen molar-refractivity contribution in [3.05, 3.63) is 93.7 Å². The number of aryl methyl sites for hydroxylation is 1. The summed E-state index contributed by atoms with van der Waals surface area (Å²) in [5, 5.41) is 2.10. The number of carbonyl (C=O) groups is 2. The first-order chi connectivity index (χ1) is 19.4. The Morgan fingerprint density at radius 1 is 0.825 bits per heavy atom. The minimum Gasteiger partial charge on any atom is -0.493 e. The van der Waals surface area contributed by atoms with E-state index in [1.54, 1.807) is 30.5 Å². The molecule has 0 saturated heterocycles. The number of nitrogens with zero attached hydrogens (tertiary/aromatic N) is 2. The van der Waals surface area contributed by atoms with E-state index < -0.39 is 0 Å². The van der Waals surface area contributed by atoms with Crippen LogP contribution in [0.3, 0.4) is 0 Å². The van der Waals surface area contributed by atoms with Crippen molar-refractivity contribution in [3.63, 3.8) is 0 Å². The van der Waals surface area contributed by atoms with Crippen LogP contribution in [-0.2, 0) is 17.8 Å². The highest BCUT2D eigenvalue weighted by Gasteiger charge is 2.23. The van der Waals surface area contributed by atoms with Crippen LogP contribution in [0.4, 0.5) is 0 Å². The summed E-state index contributed by atoms with van der Waals surface area (Å²) in [6.07, 6.45) is 2.43. The van der Waals surface area contributed by atoms with Gasteiger partial charge in [0, 0.05) is 28.4 Å². The molecule has 4 aromatic rings. The molecule has 0 bridgehead atoms. The van der Waals surface area contributed by atoms with E-state index in [2.05, 4.69) is 26.0 Å². The van der Waals surface area contributed by atoms with Crippen molar-refractivity contribution in [3.8, 4) is 11.5 Å². The minimum absolute atomic E-state index is 0.0436. The molecule has 0 saturated carbocycles. The number of ether oxygens (including phenoxy) is 2. The van der Waals surface area contributed by atoms with Gasteiger partial charge in [-0.2, -0.15) is 0 Å². The molecule has 0 radical (unpaired) electrons. The van der Waals surface area contributed by atoms with Crippen molar-refractivity contribution in [1.82, 2.24) is 9.80 Å². The van der Waals surface area contributed by atoms with E-state index in [1.165, 1.54) is 4.88 Å². The van der Waals surface area contributed by atoms with Gasteiger partial charge in [0.2, 0.25) is 5.91 Å². The van der Waals surface area contributed by atoms with Gasteiger partial charge in [0.15, 0.2) is 11.5 Å². The predicted molar refractivity (Wildman–Crippen MR) is 162 cm³/mol. The quantitative estimate of drug-likeness (QED) is 0.182. The van der Waals surface area contributed by atoms with Crippen molar-refractivity contribution in [2.75, 3.05) is 33.9 Å². The third-order valence-electron chi connectivity index (χ3n) is 7.01. The first-order valence-electron chi connectivity index (χ1n) is 13.7. The molecule has 210 valence electrons. The summed E-state index contributed by atoms with van der Waals surface area (Å²) in [7, 11) is 3.23. The Morgan fingerprint density at radius 2 is 1.60 bits per heavy atom. The van der Waals surface area contributed by atoms with E-state index in [-0.39, 0.29) is 18.4 Å². The zero-order chi connectivity index (χ0) is 28.5. The van der Waals surface area contributed by atoms with Gasteiger partial charge in [0.1, 0.15) is 6.54 Å². The number of rotatable bonds is 13. The standard InChI is InChI=1S/C33H38N2O4S/c1-5-6-18-35(33(37)28-14-13-26-9-7-8-10-27(26)21-28)23-32(36)34(22-29-15-11-24(2)40-29)19-17-25-12-16-30(38-3)31(20-25)39-4/h7-16,20-21H,5-6,17-19,22-23H2,1-4H3. The Labute approximate surface area is 241 Å². The Balaban J connectivity index is 1.54. The zero-order valence-electron chi connectivity index (χ0n) is 23.8. The largest absolute Gasteiger partial charge is 0.493 e. The summed E-state index contributed by atoms with van der Waals surface area (Å²) in [6.45, 7) is 5.78. The maximum absolute atomic E-state index is 13.8. The van der Waals surface area contributed by atoms with E-state index >= 15 is 0 Å². The molecule has 6 nitrogen and oxygen atoms in total.